The third-order valence-electron chi connectivity index (χ3n) is 19.3. The van der Waals surface area contributed by atoms with Gasteiger partial charge in [-0.15, -0.1) is 0 Å². The lowest BCUT2D eigenvalue weighted by Gasteiger charge is -2.61. The number of carbonyl (C=O) groups excluding carboxylic acids is 4. The number of fused-ring (bicyclic) bond motifs is 5. The van der Waals surface area contributed by atoms with Crippen molar-refractivity contribution >= 4 is 47.1 Å². The molecule has 0 saturated heterocycles. The first-order valence-electron chi connectivity index (χ1n) is 28.4. The van der Waals surface area contributed by atoms with E-state index in [1.54, 1.807) is 60.7 Å². The summed E-state index contributed by atoms with van der Waals surface area (Å²) in [5.74, 6) is 4.15. The van der Waals surface area contributed by atoms with Crippen LogP contribution in [0.3, 0.4) is 0 Å². The Morgan fingerprint density at radius 2 is 1.08 bits per heavy atom. The minimum Gasteiger partial charge on any atom is -0.486 e. The van der Waals surface area contributed by atoms with Gasteiger partial charge in [0.15, 0.2) is 11.5 Å². The maximum atomic E-state index is 13.7. The minimum atomic E-state index is -0.623. The van der Waals surface area contributed by atoms with Crippen molar-refractivity contribution in [2.24, 2.45) is 58.2 Å². The first kappa shape index (κ1) is 58.1. The number of halogens is 2. The largest absolute Gasteiger partial charge is 0.486 e. The summed E-state index contributed by atoms with van der Waals surface area (Å²) in [6, 6.07) is 20.8. The molecule has 4 fully saturated rings. The molecular weight excluding hydrogens is 1010 g/mol. The van der Waals surface area contributed by atoms with Gasteiger partial charge in [-0.2, -0.15) is 0 Å². The maximum absolute atomic E-state index is 13.7. The molecule has 12 heteroatoms. The molecule has 4 aliphatic carbocycles. The Hall–Kier alpha value is -5.06. The summed E-state index contributed by atoms with van der Waals surface area (Å²) in [7, 11) is 5.30. The Balaban J connectivity index is 1.03. The van der Waals surface area contributed by atoms with Crippen molar-refractivity contribution in [1.29, 1.82) is 0 Å². The number of rotatable bonds is 21. The van der Waals surface area contributed by atoms with E-state index in [4.69, 9.17) is 51.6 Å². The molecule has 0 amide bonds. The lowest BCUT2D eigenvalue weighted by atomic mass is 9.44. The molecule has 0 aliphatic heterocycles. The Morgan fingerprint density at radius 1 is 0.571 bits per heavy atom. The molecule has 0 aromatic heterocycles. The van der Waals surface area contributed by atoms with E-state index in [9.17, 15) is 19.2 Å². The van der Waals surface area contributed by atoms with Crippen molar-refractivity contribution in [2.75, 3.05) is 28.4 Å². The lowest BCUT2D eigenvalue weighted by Crippen LogP contribution is -2.53. The highest BCUT2D eigenvalue weighted by Gasteiger charge is 2.60. The second-order valence-electron chi connectivity index (χ2n) is 24.0. The van der Waals surface area contributed by atoms with Gasteiger partial charge < -0.3 is 28.4 Å². The van der Waals surface area contributed by atoms with Crippen LogP contribution in [-0.4, -0.2) is 52.3 Å². The van der Waals surface area contributed by atoms with Crippen LogP contribution < -0.4 is 9.47 Å². The molecule has 9 atom stereocenters. The molecule has 416 valence electrons. The van der Waals surface area contributed by atoms with Gasteiger partial charge in [0.05, 0.1) is 49.6 Å². The molecule has 4 saturated carbocycles. The van der Waals surface area contributed by atoms with Gasteiger partial charge in [0.2, 0.25) is 0 Å². The zero-order valence-electron chi connectivity index (χ0n) is 47.0. The van der Waals surface area contributed by atoms with E-state index in [0.717, 1.165) is 76.5 Å². The fraction of sp³-hybridized carbons (Fsp3) is 0.569. The van der Waals surface area contributed by atoms with Crippen LogP contribution in [0.2, 0.25) is 10.0 Å². The van der Waals surface area contributed by atoms with E-state index >= 15 is 0 Å². The molecule has 10 nitrogen and oxygen atoms in total. The minimum absolute atomic E-state index is 0.0597. The second kappa shape index (κ2) is 25.4. The lowest BCUT2D eigenvalue weighted by molar-refractivity contribution is -0.121. The van der Waals surface area contributed by atoms with Gasteiger partial charge in [-0.05, 0) is 193 Å². The maximum Gasteiger partial charge on any atom is 0.341 e. The molecule has 0 radical (unpaired) electrons. The standard InChI is InChI=1S/C65H82Cl2O10/c1-39(2)12-10-13-40(3)53-26-27-54-50-25-24-48-32-41(28-30-64(48,4)55(50)29-31-65(53,54)5)14-11-15-49(46-33-51(62(70)74-8)58(56(66)35-46)76-37-42-16-20-44(21-17-42)60(68)72-6)47-34-52(63(71)75-9)59(57(67)36-47)77-38-43-18-22-45(23-19-43)61(69)73-7/h16-23,33-36,39-41,48-50,53-55H,10-15,24-32,37-38H2,1-9H3/t40-,41+,48?,50+,53-,54+,55+,64+,65-/m1/s1. The molecule has 0 N–H and O–H groups in total. The Labute approximate surface area is 467 Å². The zero-order valence-corrected chi connectivity index (χ0v) is 48.5. The van der Waals surface area contributed by atoms with Crippen LogP contribution in [0.1, 0.15) is 201 Å². The van der Waals surface area contributed by atoms with Crippen molar-refractivity contribution in [3.05, 3.63) is 127 Å². The fourth-order valence-electron chi connectivity index (χ4n) is 15.2. The average Bonchev–Trinajstić information content (AvgIpc) is 3.83. The van der Waals surface area contributed by atoms with Crippen LogP contribution in [0.4, 0.5) is 0 Å². The van der Waals surface area contributed by atoms with Crippen LogP contribution in [0, 0.1) is 58.2 Å². The SMILES string of the molecule is COC(=O)c1ccc(COc2c(Cl)cc(C(CCC[C@H]3CC[C@@]4(C)C(CC[C@H]5[C@@H]6CC[C@H]([C@H](C)CCCC(C)C)[C@@]6(C)CC[C@@H]54)C3)c3cc(Cl)c(OCc4ccc(C(=O)OC)cc4)c(C(=O)OC)c3)cc2C(=O)OC)cc1. The van der Waals surface area contributed by atoms with Crippen molar-refractivity contribution in [2.45, 2.75) is 150 Å². The van der Waals surface area contributed by atoms with Gasteiger partial charge in [0.25, 0.3) is 0 Å². The van der Waals surface area contributed by atoms with Crippen LogP contribution >= 0.6 is 23.2 Å². The molecule has 4 aromatic carbocycles. The first-order chi connectivity index (χ1) is 36.9. The van der Waals surface area contributed by atoms with Crippen LogP contribution in [0.25, 0.3) is 0 Å². The Bertz CT molecular complexity index is 2590. The highest BCUT2D eigenvalue weighted by atomic mass is 35.5. The third kappa shape index (κ3) is 12.7. The summed E-state index contributed by atoms with van der Waals surface area (Å²) in [5.41, 5.74) is 4.93. The molecular formula is C65H82Cl2O10. The van der Waals surface area contributed by atoms with Gasteiger partial charge >= 0.3 is 23.9 Å². The predicted molar refractivity (Wildman–Crippen MR) is 302 cm³/mol. The smallest absolute Gasteiger partial charge is 0.341 e. The van der Waals surface area contributed by atoms with Crippen LogP contribution in [-0.2, 0) is 32.2 Å². The normalized spacial score (nSPS) is 25.0. The number of hydrogen-bond acceptors (Lipinski definition) is 10. The van der Waals surface area contributed by atoms with E-state index in [2.05, 4.69) is 34.6 Å². The molecule has 77 heavy (non-hydrogen) atoms. The molecule has 8 rings (SSSR count). The molecule has 0 bridgehead atoms. The average molecular weight is 1090 g/mol. The van der Waals surface area contributed by atoms with Crippen molar-refractivity contribution < 1.29 is 47.6 Å². The monoisotopic (exact) mass is 1090 g/mol. The number of carbonyl (C=O) groups is 4. The molecule has 4 aromatic rings. The highest BCUT2D eigenvalue weighted by molar-refractivity contribution is 6.33. The first-order valence-corrected chi connectivity index (χ1v) is 29.1. The number of methoxy groups -OCH3 is 4. The summed E-state index contributed by atoms with van der Waals surface area (Å²) >= 11 is 14.3. The highest BCUT2D eigenvalue weighted by Crippen LogP contribution is 2.69. The van der Waals surface area contributed by atoms with E-state index in [-0.39, 0.29) is 51.8 Å². The van der Waals surface area contributed by atoms with Crippen LogP contribution in [0.15, 0.2) is 72.8 Å². The van der Waals surface area contributed by atoms with Gasteiger partial charge in [0, 0.05) is 5.92 Å². The third-order valence-corrected chi connectivity index (χ3v) is 19.9. The Kier molecular flexibility index (Phi) is 19.1. The van der Waals surface area contributed by atoms with E-state index in [1.165, 1.54) is 105 Å². The molecule has 1 unspecified atom stereocenters. The number of hydrogen-bond donors (Lipinski definition) is 0. The topological polar surface area (TPSA) is 124 Å². The number of benzene rings is 4. The van der Waals surface area contributed by atoms with Gasteiger partial charge in [-0.3, -0.25) is 0 Å². The van der Waals surface area contributed by atoms with Gasteiger partial charge in [-0.1, -0.05) is 114 Å². The van der Waals surface area contributed by atoms with Crippen molar-refractivity contribution in [1.82, 2.24) is 0 Å². The molecule has 4 aliphatic rings. The van der Waals surface area contributed by atoms with Gasteiger partial charge in [-0.25, -0.2) is 19.2 Å². The van der Waals surface area contributed by atoms with Crippen LogP contribution in [0.5, 0.6) is 11.5 Å². The Morgan fingerprint density at radius 3 is 1.58 bits per heavy atom. The van der Waals surface area contributed by atoms with Crippen molar-refractivity contribution in [3.63, 3.8) is 0 Å². The molecule has 0 spiro atoms. The fourth-order valence-corrected chi connectivity index (χ4v) is 15.8. The van der Waals surface area contributed by atoms with E-state index < -0.39 is 23.9 Å². The number of esters is 4. The summed E-state index contributed by atoms with van der Waals surface area (Å²) in [4.78, 5) is 51.5. The summed E-state index contributed by atoms with van der Waals surface area (Å²) in [5, 5.41) is 0.428. The molecule has 0 heterocycles. The zero-order chi connectivity index (χ0) is 55.2. The van der Waals surface area contributed by atoms with E-state index in [0.29, 0.717) is 34.3 Å². The summed E-state index contributed by atoms with van der Waals surface area (Å²) in [6.07, 6.45) is 18.8. The van der Waals surface area contributed by atoms with E-state index in [1.807, 2.05) is 12.1 Å². The quantitative estimate of drug-likeness (QED) is 0.0588. The predicted octanol–water partition coefficient (Wildman–Crippen LogP) is 16.3. The summed E-state index contributed by atoms with van der Waals surface area (Å²) < 4.78 is 32.9. The summed E-state index contributed by atoms with van der Waals surface area (Å²) in [6.45, 7) is 12.8. The van der Waals surface area contributed by atoms with Crippen molar-refractivity contribution in [3.8, 4) is 11.5 Å². The number of ether oxygens (including phenoxy) is 6. The van der Waals surface area contributed by atoms with Gasteiger partial charge in [0.1, 0.15) is 24.3 Å². The second-order valence-corrected chi connectivity index (χ2v) is 24.8.